The summed E-state index contributed by atoms with van der Waals surface area (Å²) in [4.78, 5) is 29.4. The first kappa shape index (κ1) is 19.8. The number of nitrogens with zero attached hydrogens (tertiary/aromatic N) is 2. The van der Waals surface area contributed by atoms with E-state index in [0.29, 0.717) is 50.3 Å². The number of amides is 2. The molecule has 2 saturated heterocycles. The Hall–Kier alpha value is -1.92. The Morgan fingerprint density at radius 2 is 1.63 bits per heavy atom. The fraction of sp³-hybridized carbons (Fsp3) is 0.619. The number of hydrogen-bond donors (Lipinski definition) is 0. The van der Waals surface area contributed by atoms with Crippen molar-refractivity contribution < 1.29 is 19.1 Å². The van der Waals surface area contributed by atoms with Gasteiger partial charge in [0.1, 0.15) is 0 Å². The van der Waals surface area contributed by atoms with Gasteiger partial charge in [0.15, 0.2) is 5.79 Å². The van der Waals surface area contributed by atoms with Crippen molar-refractivity contribution in [1.29, 1.82) is 0 Å². The molecule has 1 aromatic rings. The summed E-state index contributed by atoms with van der Waals surface area (Å²) in [5.41, 5.74) is 1.15. The predicted octanol–water partition coefficient (Wildman–Crippen LogP) is 2.93. The molecular formula is C21H30N2O4. The van der Waals surface area contributed by atoms with Gasteiger partial charge in [-0.25, -0.2) is 0 Å². The van der Waals surface area contributed by atoms with Crippen molar-refractivity contribution in [3.63, 3.8) is 0 Å². The van der Waals surface area contributed by atoms with Gasteiger partial charge in [-0.2, -0.15) is 0 Å². The largest absolute Gasteiger partial charge is 0.347 e. The molecule has 0 N–H and O–H groups in total. The number of benzene rings is 1. The molecule has 2 fully saturated rings. The number of piperidine rings is 1. The summed E-state index contributed by atoms with van der Waals surface area (Å²) in [5.74, 6) is -0.524. The van der Waals surface area contributed by atoms with Gasteiger partial charge in [0.2, 0.25) is 0 Å². The molecule has 0 aromatic heterocycles. The third-order valence-corrected chi connectivity index (χ3v) is 5.26. The fourth-order valence-corrected chi connectivity index (χ4v) is 3.84. The molecule has 3 rings (SSSR count). The van der Waals surface area contributed by atoms with Crippen LogP contribution in [-0.4, -0.2) is 66.8 Å². The van der Waals surface area contributed by atoms with Crippen LogP contribution in [0, 0.1) is 0 Å². The molecule has 2 aliphatic rings. The van der Waals surface area contributed by atoms with E-state index in [0.717, 1.165) is 25.9 Å². The zero-order valence-electron chi connectivity index (χ0n) is 16.4. The predicted molar refractivity (Wildman–Crippen MR) is 103 cm³/mol. The average Bonchev–Trinajstić information content (AvgIpc) is 3.15. The Balaban J connectivity index is 1.67. The van der Waals surface area contributed by atoms with E-state index in [1.54, 1.807) is 24.3 Å². The Kier molecular flexibility index (Phi) is 6.50. The summed E-state index contributed by atoms with van der Waals surface area (Å²) in [5, 5.41) is 0. The molecule has 0 saturated carbocycles. The van der Waals surface area contributed by atoms with E-state index in [1.807, 2.05) is 9.80 Å². The fourth-order valence-electron chi connectivity index (χ4n) is 3.84. The lowest BCUT2D eigenvalue weighted by atomic mass is 10.0. The maximum atomic E-state index is 12.9. The van der Waals surface area contributed by atoms with Gasteiger partial charge in [0.25, 0.3) is 11.8 Å². The minimum absolute atomic E-state index is 0.00120. The van der Waals surface area contributed by atoms with Crippen LogP contribution in [0.15, 0.2) is 24.3 Å². The number of ether oxygens (including phenoxy) is 2. The van der Waals surface area contributed by atoms with Crippen molar-refractivity contribution in [1.82, 2.24) is 9.80 Å². The Morgan fingerprint density at radius 3 is 2.22 bits per heavy atom. The monoisotopic (exact) mass is 374 g/mol. The molecule has 27 heavy (non-hydrogen) atoms. The molecule has 6 nitrogen and oxygen atoms in total. The summed E-state index contributed by atoms with van der Waals surface area (Å²) >= 11 is 0. The van der Waals surface area contributed by atoms with Crippen molar-refractivity contribution in [2.24, 2.45) is 0 Å². The smallest absolute Gasteiger partial charge is 0.253 e. The second-order valence-corrected chi connectivity index (χ2v) is 7.27. The third-order valence-electron chi connectivity index (χ3n) is 5.26. The molecule has 2 heterocycles. The number of likely N-dealkylation sites (tertiary alicyclic amines) is 1. The quantitative estimate of drug-likeness (QED) is 0.768. The van der Waals surface area contributed by atoms with Crippen LogP contribution in [0.5, 0.6) is 0 Å². The number of rotatable bonds is 6. The van der Waals surface area contributed by atoms with Crippen LogP contribution in [0.1, 0.15) is 60.2 Å². The van der Waals surface area contributed by atoms with Crippen LogP contribution in [-0.2, 0) is 9.47 Å². The number of carbonyl (C=O) groups excluding carboxylic acids is 2. The van der Waals surface area contributed by atoms with Crippen molar-refractivity contribution in [2.75, 3.05) is 39.4 Å². The van der Waals surface area contributed by atoms with Gasteiger partial charge < -0.3 is 19.3 Å². The highest BCUT2D eigenvalue weighted by molar-refractivity contribution is 5.99. The van der Waals surface area contributed by atoms with E-state index in [-0.39, 0.29) is 11.8 Å². The van der Waals surface area contributed by atoms with Gasteiger partial charge in [-0.3, -0.25) is 9.59 Å². The molecule has 1 spiro atoms. The van der Waals surface area contributed by atoms with Crippen molar-refractivity contribution in [2.45, 2.75) is 45.3 Å². The third kappa shape index (κ3) is 4.50. The molecule has 2 amide bonds. The summed E-state index contributed by atoms with van der Waals surface area (Å²) in [6.45, 7) is 8.07. The normalized spacial score (nSPS) is 18.7. The average molecular weight is 374 g/mol. The molecule has 0 bridgehead atoms. The van der Waals surface area contributed by atoms with Gasteiger partial charge in [0.05, 0.1) is 13.2 Å². The Morgan fingerprint density at radius 1 is 1.04 bits per heavy atom. The first-order valence-corrected chi connectivity index (χ1v) is 10.0. The summed E-state index contributed by atoms with van der Waals surface area (Å²) in [6, 6.07) is 7.11. The summed E-state index contributed by atoms with van der Waals surface area (Å²) in [6.07, 6.45) is 3.23. The zero-order valence-corrected chi connectivity index (χ0v) is 16.4. The van der Waals surface area contributed by atoms with Crippen LogP contribution < -0.4 is 0 Å². The summed E-state index contributed by atoms with van der Waals surface area (Å²) in [7, 11) is 0. The van der Waals surface area contributed by atoms with Gasteiger partial charge >= 0.3 is 0 Å². The van der Waals surface area contributed by atoms with Crippen molar-refractivity contribution >= 4 is 11.8 Å². The van der Waals surface area contributed by atoms with Gasteiger partial charge in [0, 0.05) is 50.1 Å². The molecule has 148 valence electrons. The minimum Gasteiger partial charge on any atom is -0.347 e. The SMILES string of the molecule is CCCN(CCC)C(=O)c1cccc(C(=O)N2CCC3(CC2)OCCO3)c1. The second-order valence-electron chi connectivity index (χ2n) is 7.27. The molecule has 6 heteroatoms. The summed E-state index contributed by atoms with van der Waals surface area (Å²) < 4.78 is 11.5. The molecule has 0 radical (unpaired) electrons. The van der Waals surface area contributed by atoms with Gasteiger partial charge in [-0.05, 0) is 31.0 Å². The van der Waals surface area contributed by atoms with Crippen molar-refractivity contribution in [3.8, 4) is 0 Å². The topological polar surface area (TPSA) is 59.1 Å². The standard InChI is InChI=1S/C21H30N2O4/c1-3-10-22(11-4-2)19(24)17-6-5-7-18(16-17)20(25)23-12-8-21(9-13-23)26-14-15-27-21/h5-7,16H,3-4,8-15H2,1-2H3. The number of carbonyl (C=O) groups is 2. The lowest BCUT2D eigenvalue weighted by molar-refractivity contribution is -0.181. The molecule has 0 unspecified atom stereocenters. The maximum Gasteiger partial charge on any atom is 0.253 e. The lowest BCUT2D eigenvalue weighted by Crippen LogP contribution is -2.47. The molecular weight excluding hydrogens is 344 g/mol. The van der Waals surface area contributed by atoms with Crippen LogP contribution in [0.4, 0.5) is 0 Å². The molecule has 0 atom stereocenters. The lowest BCUT2D eigenvalue weighted by Gasteiger charge is -2.37. The van der Waals surface area contributed by atoms with Crippen LogP contribution in [0.25, 0.3) is 0 Å². The van der Waals surface area contributed by atoms with Crippen LogP contribution in [0.2, 0.25) is 0 Å². The van der Waals surface area contributed by atoms with Gasteiger partial charge in [-0.1, -0.05) is 19.9 Å². The van der Waals surface area contributed by atoms with E-state index < -0.39 is 5.79 Å². The first-order chi connectivity index (χ1) is 13.1. The highest BCUT2D eigenvalue weighted by Crippen LogP contribution is 2.31. The Bertz CT molecular complexity index is 654. The second kappa shape index (κ2) is 8.85. The highest BCUT2D eigenvalue weighted by Gasteiger charge is 2.40. The first-order valence-electron chi connectivity index (χ1n) is 10.0. The van der Waals surface area contributed by atoms with E-state index in [1.165, 1.54) is 0 Å². The van der Waals surface area contributed by atoms with Gasteiger partial charge in [-0.15, -0.1) is 0 Å². The molecule has 1 aromatic carbocycles. The van der Waals surface area contributed by atoms with Crippen LogP contribution >= 0.6 is 0 Å². The highest BCUT2D eigenvalue weighted by atomic mass is 16.7. The maximum absolute atomic E-state index is 12.9. The van der Waals surface area contributed by atoms with E-state index in [4.69, 9.17) is 9.47 Å². The van der Waals surface area contributed by atoms with E-state index >= 15 is 0 Å². The zero-order chi connectivity index (χ0) is 19.3. The van der Waals surface area contributed by atoms with E-state index in [9.17, 15) is 9.59 Å². The minimum atomic E-state index is -0.491. The Labute approximate surface area is 161 Å². The number of hydrogen-bond acceptors (Lipinski definition) is 4. The van der Waals surface area contributed by atoms with Crippen LogP contribution in [0.3, 0.4) is 0 Å². The molecule has 2 aliphatic heterocycles. The van der Waals surface area contributed by atoms with E-state index in [2.05, 4.69) is 13.8 Å². The molecule has 0 aliphatic carbocycles. The van der Waals surface area contributed by atoms with Crippen molar-refractivity contribution in [3.05, 3.63) is 35.4 Å².